The number of hydrogen-bond donors (Lipinski definition) is 2. The van der Waals surface area contributed by atoms with Crippen LogP contribution in [0.25, 0.3) is 0 Å². The first-order valence-electron chi connectivity index (χ1n) is 10.6. The molecule has 1 aliphatic heterocycles. The molecular weight excluding hydrogens is 418 g/mol. The molecule has 1 saturated heterocycles. The van der Waals surface area contributed by atoms with Gasteiger partial charge in [0.2, 0.25) is 5.91 Å². The average molecular weight is 444 g/mol. The highest BCUT2D eigenvalue weighted by atomic mass is 16.5. The third-order valence-corrected chi connectivity index (χ3v) is 5.70. The molecule has 2 N–H and O–H groups in total. The second kappa shape index (κ2) is 9.56. The molecule has 0 saturated carbocycles. The van der Waals surface area contributed by atoms with Gasteiger partial charge in [0.25, 0.3) is 5.91 Å². The Morgan fingerprint density at radius 2 is 1.55 bits per heavy atom. The zero-order chi connectivity index (χ0) is 23.3. The zero-order valence-electron chi connectivity index (χ0n) is 18.3. The van der Waals surface area contributed by atoms with E-state index in [-0.39, 0.29) is 19.5 Å². The molecular formula is C26H25N3O4. The summed E-state index contributed by atoms with van der Waals surface area (Å²) in [6.45, 7) is -0.0789. The number of ether oxygens (including phenoxy) is 1. The number of carbonyl (C=O) groups excluding carboxylic acids is 3. The van der Waals surface area contributed by atoms with Gasteiger partial charge < -0.3 is 15.4 Å². The Hall–Kier alpha value is -4.13. The summed E-state index contributed by atoms with van der Waals surface area (Å²) in [5.41, 5.74) is 1.19. The third kappa shape index (κ3) is 4.72. The monoisotopic (exact) mass is 443 g/mol. The molecule has 3 aromatic rings. The van der Waals surface area contributed by atoms with Crippen molar-refractivity contribution in [3.05, 3.63) is 102 Å². The second-order valence-corrected chi connectivity index (χ2v) is 7.88. The van der Waals surface area contributed by atoms with Gasteiger partial charge in [-0.1, -0.05) is 72.8 Å². The summed E-state index contributed by atoms with van der Waals surface area (Å²) >= 11 is 0. The first-order valence-corrected chi connectivity index (χ1v) is 10.6. The van der Waals surface area contributed by atoms with Gasteiger partial charge in [-0.2, -0.15) is 0 Å². The van der Waals surface area contributed by atoms with E-state index in [9.17, 15) is 14.4 Å². The fourth-order valence-electron chi connectivity index (χ4n) is 3.96. The fraction of sp³-hybridized carbons (Fsp3) is 0.192. The summed E-state index contributed by atoms with van der Waals surface area (Å²) in [4.78, 5) is 40.0. The highest BCUT2D eigenvalue weighted by Crippen LogP contribution is 2.32. The van der Waals surface area contributed by atoms with E-state index in [2.05, 4.69) is 10.6 Å². The van der Waals surface area contributed by atoms with Crippen molar-refractivity contribution in [2.45, 2.75) is 18.5 Å². The summed E-state index contributed by atoms with van der Waals surface area (Å²) in [5, 5.41) is 5.64. The molecule has 1 heterocycles. The van der Waals surface area contributed by atoms with Gasteiger partial charge in [0.1, 0.15) is 12.3 Å². The molecule has 3 aromatic carbocycles. The quantitative estimate of drug-likeness (QED) is 0.524. The van der Waals surface area contributed by atoms with E-state index in [0.29, 0.717) is 5.56 Å². The predicted molar refractivity (Wildman–Crippen MR) is 123 cm³/mol. The Morgan fingerprint density at radius 3 is 2.18 bits per heavy atom. The van der Waals surface area contributed by atoms with Crippen molar-refractivity contribution >= 4 is 17.8 Å². The van der Waals surface area contributed by atoms with E-state index in [4.69, 9.17) is 4.74 Å². The molecule has 7 heteroatoms. The van der Waals surface area contributed by atoms with Gasteiger partial charge in [0, 0.05) is 13.0 Å². The standard InChI is InChI=1S/C26H25N3O4/c1-33-22-14-12-20(13-15-22)17-27-23(30)18-29-24(31)26(28-25(29)32,21-10-6-3-7-11-21)16-19-8-4-2-5-9-19/h2-15H,16-18H2,1H3,(H,27,30)(H,28,32). The molecule has 7 nitrogen and oxygen atoms in total. The maximum atomic E-state index is 13.6. The van der Waals surface area contributed by atoms with Crippen LogP contribution in [0.5, 0.6) is 5.75 Å². The Bertz CT molecular complexity index is 1130. The van der Waals surface area contributed by atoms with Crippen molar-refractivity contribution in [1.82, 2.24) is 15.5 Å². The number of nitrogens with one attached hydrogen (secondary N) is 2. The number of rotatable bonds is 8. The van der Waals surface area contributed by atoms with Crippen molar-refractivity contribution in [2.75, 3.05) is 13.7 Å². The molecule has 168 valence electrons. The van der Waals surface area contributed by atoms with Crippen molar-refractivity contribution in [1.29, 1.82) is 0 Å². The molecule has 1 atom stereocenters. The minimum Gasteiger partial charge on any atom is -0.497 e. The molecule has 0 radical (unpaired) electrons. The summed E-state index contributed by atoms with van der Waals surface area (Å²) in [6.07, 6.45) is 0.284. The number of carbonyl (C=O) groups is 3. The van der Waals surface area contributed by atoms with Crippen LogP contribution in [0, 0.1) is 0 Å². The van der Waals surface area contributed by atoms with E-state index in [1.54, 1.807) is 19.2 Å². The van der Waals surface area contributed by atoms with Crippen molar-refractivity contribution in [3.63, 3.8) is 0 Å². The lowest BCUT2D eigenvalue weighted by Gasteiger charge is -2.27. The Kier molecular flexibility index (Phi) is 6.40. The molecule has 4 rings (SSSR count). The summed E-state index contributed by atoms with van der Waals surface area (Å²) < 4.78 is 5.13. The van der Waals surface area contributed by atoms with E-state index in [1.807, 2.05) is 72.8 Å². The first-order chi connectivity index (χ1) is 16.0. The van der Waals surface area contributed by atoms with Gasteiger partial charge in [0.05, 0.1) is 7.11 Å². The number of urea groups is 1. The van der Waals surface area contributed by atoms with Gasteiger partial charge >= 0.3 is 6.03 Å². The fourth-order valence-corrected chi connectivity index (χ4v) is 3.96. The summed E-state index contributed by atoms with van der Waals surface area (Å²) in [5.74, 6) is -0.139. The van der Waals surface area contributed by atoms with Crippen molar-refractivity contribution in [3.8, 4) is 5.75 Å². The maximum absolute atomic E-state index is 13.6. The topological polar surface area (TPSA) is 87.7 Å². The average Bonchev–Trinajstić information content (AvgIpc) is 3.09. The number of imide groups is 1. The van der Waals surface area contributed by atoms with Crippen molar-refractivity contribution < 1.29 is 19.1 Å². The molecule has 4 amide bonds. The number of amides is 4. The molecule has 0 aliphatic carbocycles. The minimum atomic E-state index is -1.27. The highest BCUT2D eigenvalue weighted by molar-refractivity contribution is 6.09. The smallest absolute Gasteiger partial charge is 0.325 e. The molecule has 1 fully saturated rings. The highest BCUT2D eigenvalue weighted by Gasteiger charge is 2.52. The van der Waals surface area contributed by atoms with E-state index < -0.39 is 23.4 Å². The largest absolute Gasteiger partial charge is 0.497 e. The number of hydrogen-bond acceptors (Lipinski definition) is 4. The molecule has 0 aromatic heterocycles. The molecule has 1 aliphatic rings. The first kappa shape index (κ1) is 22.1. The summed E-state index contributed by atoms with van der Waals surface area (Å²) in [6, 6.07) is 25.3. The Labute approximate surface area is 192 Å². The SMILES string of the molecule is COc1ccc(CNC(=O)CN2C(=O)NC(Cc3ccccc3)(c3ccccc3)C2=O)cc1. The Balaban J connectivity index is 1.50. The van der Waals surface area contributed by atoms with Gasteiger partial charge in [0.15, 0.2) is 5.54 Å². The normalized spacial score (nSPS) is 17.5. The van der Waals surface area contributed by atoms with Crippen LogP contribution in [0.4, 0.5) is 4.79 Å². The molecule has 0 bridgehead atoms. The maximum Gasteiger partial charge on any atom is 0.325 e. The predicted octanol–water partition coefficient (Wildman–Crippen LogP) is 3.00. The van der Waals surface area contributed by atoms with E-state index in [0.717, 1.165) is 21.8 Å². The lowest BCUT2D eigenvalue weighted by Crippen LogP contribution is -2.46. The molecule has 1 unspecified atom stereocenters. The van der Waals surface area contributed by atoms with Crippen molar-refractivity contribution in [2.24, 2.45) is 0 Å². The van der Waals surface area contributed by atoms with Gasteiger partial charge in [-0.05, 0) is 28.8 Å². The van der Waals surface area contributed by atoms with Crippen LogP contribution in [-0.4, -0.2) is 36.4 Å². The lowest BCUT2D eigenvalue weighted by atomic mass is 9.83. The number of nitrogens with zero attached hydrogens (tertiary/aromatic N) is 1. The van der Waals surface area contributed by atoms with Crippen LogP contribution in [0.1, 0.15) is 16.7 Å². The van der Waals surface area contributed by atoms with Crippen LogP contribution in [-0.2, 0) is 28.1 Å². The van der Waals surface area contributed by atoms with Gasteiger partial charge in [-0.3, -0.25) is 14.5 Å². The minimum absolute atomic E-state index is 0.278. The lowest BCUT2D eigenvalue weighted by molar-refractivity contribution is -0.135. The van der Waals surface area contributed by atoms with Gasteiger partial charge in [-0.15, -0.1) is 0 Å². The van der Waals surface area contributed by atoms with Crippen LogP contribution >= 0.6 is 0 Å². The molecule has 33 heavy (non-hydrogen) atoms. The third-order valence-electron chi connectivity index (χ3n) is 5.70. The van der Waals surface area contributed by atoms with E-state index in [1.165, 1.54) is 0 Å². The van der Waals surface area contributed by atoms with Gasteiger partial charge in [-0.25, -0.2) is 4.79 Å². The van der Waals surface area contributed by atoms with Crippen LogP contribution < -0.4 is 15.4 Å². The molecule has 0 spiro atoms. The summed E-state index contributed by atoms with van der Waals surface area (Å²) in [7, 11) is 1.59. The van der Waals surface area contributed by atoms with E-state index >= 15 is 0 Å². The zero-order valence-corrected chi connectivity index (χ0v) is 18.3. The van der Waals surface area contributed by atoms with Crippen LogP contribution in [0.2, 0.25) is 0 Å². The second-order valence-electron chi connectivity index (χ2n) is 7.88. The Morgan fingerprint density at radius 1 is 0.909 bits per heavy atom. The van der Waals surface area contributed by atoms with Crippen LogP contribution in [0.15, 0.2) is 84.9 Å². The van der Waals surface area contributed by atoms with Crippen LogP contribution in [0.3, 0.4) is 0 Å². The number of methoxy groups -OCH3 is 1. The number of benzene rings is 3.